The Morgan fingerprint density at radius 1 is 1.35 bits per heavy atom. The highest BCUT2D eigenvalue weighted by atomic mass is 15.1. The molecule has 2 heteroatoms. The number of nitrogens with two attached hydrogens (primary N) is 1. The zero-order valence-corrected chi connectivity index (χ0v) is 10.8. The number of benzene rings is 1. The van der Waals surface area contributed by atoms with Gasteiger partial charge < -0.3 is 10.6 Å². The molecule has 1 aromatic carbocycles. The quantitative estimate of drug-likeness (QED) is 0.846. The molecule has 1 aliphatic heterocycles. The number of nitrogens with zero attached hydrogens (tertiary/aromatic N) is 1. The maximum atomic E-state index is 6.21. The molecule has 94 valence electrons. The van der Waals surface area contributed by atoms with Crippen LogP contribution in [0.4, 0.5) is 0 Å². The Bertz CT molecular complexity index is 323. The van der Waals surface area contributed by atoms with E-state index in [1.54, 1.807) is 0 Å². The smallest absolute Gasteiger partial charge is 0.0307 e. The number of hydrogen-bond donors (Lipinski definition) is 1. The number of likely N-dealkylation sites (tertiary alicyclic amines) is 1. The zero-order chi connectivity index (χ0) is 12.1. The molecule has 0 saturated carbocycles. The van der Waals surface area contributed by atoms with Gasteiger partial charge in [-0.2, -0.15) is 0 Å². The van der Waals surface area contributed by atoms with E-state index in [4.69, 9.17) is 5.73 Å². The summed E-state index contributed by atoms with van der Waals surface area (Å²) < 4.78 is 0. The molecule has 2 nitrogen and oxygen atoms in total. The van der Waals surface area contributed by atoms with Gasteiger partial charge >= 0.3 is 0 Å². The summed E-state index contributed by atoms with van der Waals surface area (Å²) in [6.45, 7) is 5.98. The van der Waals surface area contributed by atoms with E-state index in [-0.39, 0.29) is 6.04 Å². The van der Waals surface area contributed by atoms with Gasteiger partial charge in [-0.15, -0.1) is 0 Å². The van der Waals surface area contributed by atoms with E-state index in [9.17, 15) is 0 Å². The highest BCUT2D eigenvalue weighted by Crippen LogP contribution is 2.21. The lowest BCUT2D eigenvalue weighted by Gasteiger charge is -2.19. The first-order valence-corrected chi connectivity index (χ1v) is 6.82. The Balaban J connectivity index is 1.75. The van der Waals surface area contributed by atoms with Crippen LogP contribution in [0.15, 0.2) is 30.3 Å². The summed E-state index contributed by atoms with van der Waals surface area (Å²) in [6, 6.07) is 10.6. The van der Waals surface area contributed by atoms with Crippen molar-refractivity contribution in [1.29, 1.82) is 0 Å². The van der Waals surface area contributed by atoms with Gasteiger partial charge in [0.25, 0.3) is 0 Å². The maximum Gasteiger partial charge on any atom is 0.0307 e. The van der Waals surface area contributed by atoms with Crippen LogP contribution in [-0.2, 0) is 0 Å². The summed E-state index contributed by atoms with van der Waals surface area (Å²) in [5, 5.41) is 0. The van der Waals surface area contributed by atoms with Crippen molar-refractivity contribution in [2.24, 2.45) is 11.7 Å². The minimum atomic E-state index is 0.192. The molecule has 0 spiro atoms. The highest BCUT2D eigenvalue weighted by Gasteiger charge is 2.20. The van der Waals surface area contributed by atoms with Gasteiger partial charge in [-0.1, -0.05) is 43.7 Å². The largest absolute Gasteiger partial charge is 0.324 e. The van der Waals surface area contributed by atoms with Gasteiger partial charge in [0.05, 0.1) is 0 Å². The van der Waals surface area contributed by atoms with E-state index in [0.29, 0.717) is 0 Å². The molecule has 17 heavy (non-hydrogen) atoms. The van der Waals surface area contributed by atoms with E-state index in [0.717, 1.165) is 18.9 Å². The number of rotatable bonds is 5. The molecule has 0 aliphatic carbocycles. The van der Waals surface area contributed by atoms with Crippen molar-refractivity contribution in [2.45, 2.75) is 32.2 Å². The van der Waals surface area contributed by atoms with E-state index in [2.05, 4.69) is 36.1 Å². The third kappa shape index (κ3) is 3.55. The molecule has 1 fully saturated rings. The monoisotopic (exact) mass is 232 g/mol. The van der Waals surface area contributed by atoms with Crippen molar-refractivity contribution in [1.82, 2.24) is 4.90 Å². The normalized spacial score (nSPS) is 22.8. The first-order valence-electron chi connectivity index (χ1n) is 6.82. The van der Waals surface area contributed by atoms with Crippen LogP contribution in [0.3, 0.4) is 0 Å². The second-order valence-corrected chi connectivity index (χ2v) is 5.17. The van der Waals surface area contributed by atoms with Crippen LogP contribution < -0.4 is 5.73 Å². The summed E-state index contributed by atoms with van der Waals surface area (Å²) in [4.78, 5) is 2.57. The molecule has 0 aromatic heterocycles. The minimum Gasteiger partial charge on any atom is -0.324 e. The maximum absolute atomic E-state index is 6.21. The second kappa shape index (κ2) is 6.18. The SMILES string of the molecule is CCC1CCN(CCC(N)c2ccccc2)C1. The van der Waals surface area contributed by atoms with Gasteiger partial charge in [0.2, 0.25) is 0 Å². The second-order valence-electron chi connectivity index (χ2n) is 5.17. The lowest BCUT2D eigenvalue weighted by Crippen LogP contribution is -2.25. The van der Waals surface area contributed by atoms with Gasteiger partial charge in [0.15, 0.2) is 0 Å². The number of hydrogen-bond acceptors (Lipinski definition) is 2. The average molecular weight is 232 g/mol. The Kier molecular flexibility index (Phi) is 4.57. The standard InChI is InChI=1S/C15H24N2/c1-2-13-8-10-17(12-13)11-9-15(16)14-6-4-3-5-7-14/h3-7,13,15H,2,8-12,16H2,1H3. The molecule has 1 saturated heterocycles. The molecule has 2 unspecified atom stereocenters. The first-order chi connectivity index (χ1) is 8.29. The fourth-order valence-corrected chi connectivity index (χ4v) is 2.64. The van der Waals surface area contributed by atoms with E-state index < -0.39 is 0 Å². The Labute approximate surface area is 105 Å². The lowest BCUT2D eigenvalue weighted by atomic mass is 10.0. The first kappa shape index (κ1) is 12.6. The third-order valence-corrected chi connectivity index (χ3v) is 3.93. The van der Waals surface area contributed by atoms with Crippen molar-refractivity contribution in [3.63, 3.8) is 0 Å². The van der Waals surface area contributed by atoms with Crippen LogP contribution in [0.25, 0.3) is 0 Å². The molecular weight excluding hydrogens is 208 g/mol. The topological polar surface area (TPSA) is 29.3 Å². The summed E-state index contributed by atoms with van der Waals surface area (Å²) in [5.74, 6) is 0.919. The van der Waals surface area contributed by atoms with Gasteiger partial charge in [0, 0.05) is 12.6 Å². The predicted molar refractivity (Wildman–Crippen MR) is 72.8 cm³/mol. The van der Waals surface area contributed by atoms with Crippen LogP contribution in [0, 0.1) is 5.92 Å². The predicted octanol–water partition coefficient (Wildman–Crippen LogP) is 2.81. The van der Waals surface area contributed by atoms with Crippen LogP contribution >= 0.6 is 0 Å². The van der Waals surface area contributed by atoms with Gasteiger partial charge in [0.1, 0.15) is 0 Å². The molecule has 0 radical (unpaired) electrons. The Hall–Kier alpha value is -0.860. The molecule has 2 N–H and O–H groups in total. The summed E-state index contributed by atoms with van der Waals surface area (Å²) in [6.07, 6.45) is 3.76. The molecule has 2 atom stereocenters. The summed E-state index contributed by atoms with van der Waals surface area (Å²) in [5.41, 5.74) is 7.48. The van der Waals surface area contributed by atoms with E-state index in [1.165, 1.54) is 31.5 Å². The fraction of sp³-hybridized carbons (Fsp3) is 0.600. The molecular formula is C15H24N2. The van der Waals surface area contributed by atoms with Gasteiger partial charge in [-0.05, 0) is 37.4 Å². The van der Waals surface area contributed by atoms with Crippen LogP contribution in [0.1, 0.15) is 37.8 Å². The van der Waals surface area contributed by atoms with Crippen molar-refractivity contribution >= 4 is 0 Å². The van der Waals surface area contributed by atoms with Crippen LogP contribution in [-0.4, -0.2) is 24.5 Å². The van der Waals surface area contributed by atoms with Crippen LogP contribution in [0.2, 0.25) is 0 Å². The van der Waals surface area contributed by atoms with Crippen molar-refractivity contribution < 1.29 is 0 Å². The Morgan fingerprint density at radius 3 is 2.76 bits per heavy atom. The molecule has 0 amide bonds. The van der Waals surface area contributed by atoms with Crippen molar-refractivity contribution in [3.05, 3.63) is 35.9 Å². The average Bonchev–Trinajstić information content (AvgIpc) is 2.85. The van der Waals surface area contributed by atoms with Crippen molar-refractivity contribution in [2.75, 3.05) is 19.6 Å². The molecule has 1 aliphatic rings. The minimum absolute atomic E-state index is 0.192. The summed E-state index contributed by atoms with van der Waals surface area (Å²) >= 11 is 0. The zero-order valence-electron chi connectivity index (χ0n) is 10.8. The molecule has 0 bridgehead atoms. The van der Waals surface area contributed by atoms with Gasteiger partial charge in [-0.3, -0.25) is 0 Å². The fourth-order valence-electron chi connectivity index (χ4n) is 2.64. The van der Waals surface area contributed by atoms with E-state index >= 15 is 0 Å². The summed E-state index contributed by atoms with van der Waals surface area (Å²) in [7, 11) is 0. The highest BCUT2D eigenvalue weighted by molar-refractivity contribution is 5.18. The molecule has 1 aromatic rings. The lowest BCUT2D eigenvalue weighted by molar-refractivity contribution is 0.308. The molecule has 2 rings (SSSR count). The molecule has 1 heterocycles. The third-order valence-electron chi connectivity index (χ3n) is 3.93. The van der Waals surface area contributed by atoms with E-state index in [1.807, 2.05) is 6.07 Å². The Morgan fingerprint density at radius 2 is 2.12 bits per heavy atom. The van der Waals surface area contributed by atoms with Gasteiger partial charge in [-0.25, -0.2) is 0 Å². The van der Waals surface area contributed by atoms with Crippen LogP contribution in [0.5, 0.6) is 0 Å². The van der Waals surface area contributed by atoms with Crippen molar-refractivity contribution in [3.8, 4) is 0 Å².